The van der Waals surface area contributed by atoms with E-state index in [4.69, 9.17) is 16.5 Å². The van der Waals surface area contributed by atoms with Crippen LogP contribution in [0.2, 0.25) is 0 Å². The topological polar surface area (TPSA) is 30.1 Å². The fourth-order valence-electron chi connectivity index (χ4n) is 6.35. The molecular formula is C43H27N3. The van der Waals surface area contributed by atoms with E-state index in [0.717, 1.165) is 33.5 Å². The highest BCUT2D eigenvalue weighted by Crippen LogP contribution is 2.45. The monoisotopic (exact) mass is 585 g/mol. The summed E-state index contributed by atoms with van der Waals surface area (Å²) in [6, 6.07) is 56.5. The molecule has 1 heterocycles. The molecule has 0 saturated heterocycles. The van der Waals surface area contributed by atoms with Crippen molar-refractivity contribution in [1.82, 2.24) is 9.97 Å². The minimum Gasteiger partial charge on any atom is -0.238 e. The molecule has 0 saturated carbocycles. The van der Waals surface area contributed by atoms with Gasteiger partial charge in [0.1, 0.15) is 0 Å². The molecule has 0 spiro atoms. The Labute approximate surface area is 267 Å². The molecule has 0 aliphatic carbocycles. The maximum absolute atomic E-state index is 7.55. The van der Waals surface area contributed by atoms with Gasteiger partial charge in [-0.15, -0.1) is 0 Å². The van der Waals surface area contributed by atoms with Crippen LogP contribution in [0, 0.1) is 6.57 Å². The van der Waals surface area contributed by atoms with Crippen molar-refractivity contribution in [2.24, 2.45) is 0 Å². The highest BCUT2D eigenvalue weighted by molar-refractivity contribution is 6.22. The molecule has 3 nitrogen and oxygen atoms in total. The molecule has 0 bridgehead atoms. The lowest BCUT2D eigenvalue weighted by atomic mass is 9.84. The number of nitrogens with zero attached hydrogens (tertiary/aromatic N) is 3. The van der Waals surface area contributed by atoms with Gasteiger partial charge in [-0.05, 0) is 67.6 Å². The second-order valence-corrected chi connectivity index (χ2v) is 11.3. The largest absolute Gasteiger partial charge is 0.238 e. The average Bonchev–Trinajstić information content (AvgIpc) is 3.15. The summed E-state index contributed by atoms with van der Waals surface area (Å²) < 4.78 is 0. The maximum Gasteiger partial charge on any atom is 0.187 e. The predicted molar refractivity (Wildman–Crippen MR) is 190 cm³/mol. The molecule has 0 atom stereocenters. The zero-order chi connectivity index (χ0) is 30.9. The van der Waals surface area contributed by atoms with E-state index in [2.05, 4.69) is 108 Å². The molecule has 46 heavy (non-hydrogen) atoms. The van der Waals surface area contributed by atoms with E-state index in [-0.39, 0.29) is 0 Å². The van der Waals surface area contributed by atoms with Gasteiger partial charge in [0.05, 0.1) is 18.0 Å². The third-order valence-corrected chi connectivity index (χ3v) is 8.48. The second kappa shape index (κ2) is 11.6. The van der Waals surface area contributed by atoms with Crippen molar-refractivity contribution in [3.8, 4) is 56.2 Å². The molecule has 7 aromatic carbocycles. The van der Waals surface area contributed by atoms with Crippen LogP contribution in [0.3, 0.4) is 0 Å². The van der Waals surface area contributed by atoms with Gasteiger partial charge in [-0.3, -0.25) is 0 Å². The molecule has 0 aliphatic rings. The molecule has 0 fully saturated rings. The lowest BCUT2D eigenvalue weighted by Crippen LogP contribution is -1.96. The van der Waals surface area contributed by atoms with Crippen molar-refractivity contribution in [2.45, 2.75) is 0 Å². The van der Waals surface area contributed by atoms with E-state index < -0.39 is 0 Å². The summed E-state index contributed by atoms with van der Waals surface area (Å²) in [7, 11) is 0. The van der Waals surface area contributed by atoms with Crippen molar-refractivity contribution >= 4 is 27.2 Å². The van der Waals surface area contributed by atoms with E-state index >= 15 is 0 Å². The summed E-state index contributed by atoms with van der Waals surface area (Å²) in [5.41, 5.74) is 9.78. The first-order valence-electron chi connectivity index (χ1n) is 15.3. The Morgan fingerprint density at radius 2 is 0.870 bits per heavy atom. The minimum absolute atomic E-state index is 0.581. The SMILES string of the molecule is [C-]#[N+]c1cccc(-c2cc(-c3ccc4c(c3)c(-c3ccccc3)c(-c3ccccc3)c3ccccc34)nc(-c3ccccc3)n2)c1. The van der Waals surface area contributed by atoms with E-state index in [1.807, 2.05) is 60.7 Å². The lowest BCUT2D eigenvalue weighted by Gasteiger charge is -2.19. The first kappa shape index (κ1) is 27.2. The van der Waals surface area contributed by atoms with Crippen LogP contribution in [0.25, 0.3) is 82.5 Å². The first-order chi connectivity index (χ1) is 22.8. The molecule has 0 amide bonds. The highest BCUT2D eigenvalue weighted by Gasteiger charge is 2.19. The van der Waals surface area contributed by atoms with E-state index in [0.29, 0.717) is 11.5 Å². The summed E-state index contributed by atoms with van der Waals surface area (Å²) >= 11 is 0. The average molecular weight is 586 g/mol. The van der Waals surface area contributed by atoms with Gasteiger partial charge in [0.15, 0.2) is 11.5 Å². The lowest BCUT2D eigenvalue weighted by molar-refractivity contribution is 1.18. The number of rotatable bonds is 5. The molecular weight excluding hydrogens is 558 g/mol. The van der Waals surface area contributed by atoms with Crippen LogP contribution < -0.4 is 0 Å². The van der Waals surface area contributed by atoms with Crippen LogP contribution in [0.4, 0.5) is 5.69 Å². The molecule has 214 valence electrons. The fourth-order valence-corrected chi connectivity index (χ4v) is 6.35. The highest BCUT2D eigenvalue weighted by atomic mass is 14.9. The quantitative estimate of drug-likeness (QED) is 0.149. The maximum atomic E-state index is 7.55. The molecule has 8 rings (SSSR count). The Morgan fingerprint density at radius 1 is 0.370 bits per heavy atom. The molecule has 3 heteroatoms. The van der Waals surface area contributed by atoms with Crippen LogP contribution >= 0.6 is 0 Å². The van der Waals surface area contributed by atoms with E-state index in [1.165, 1.54) is 38.4 Å². The smallest absolute Gasteiger partial charge is 0.187 e. The number of fused-ring (bicyclic) bond motifs is 3. The summed E-state index contributed by atoms with van der Waals surface area (Å²) in [5.74, 6) is 0.646. The predicted octanol–water partition coefficient (Wildman–Crippen LogP) is 11.7. The fraction of sp³-hybridized carbons (Fsp3) is 0. The van der Waals surface area contributed by atoms with Crippen LogP contribution in [0.1, 0.15) is 0 Å². The molecule has 0 N–H and O–H groups in total. The summed E-state index contributed by atoms with van der Waals surface area (Å²) in [5, 5.41) is 4.80. The van der Waals surface area contributed by atoms with Crippen molar-refractivity contribution in [3.05, 3.63) is 175 Å². The Balaban J connectivity index is 1.44. The standard InChI is InChI=1S/C43H27N3/c1-44-34-21-13-20-32(26-34)39-28-40(46-43(45-39)31-18-9-4-10-19-31)33-24-25-36-35-22-11-12-23-37(35)41(29-14-5-2-6-15-29)42(38(36)27-33)30-16-7-3-8-17-30/h2-28H. The van der Waals surface area contributed by atoms with Crippen molar-refractivity contribution in [3.63, 3.8) is 0 Å². The Hall–Kier alpha value is -6.37. The third-order valence-electron chi connectivity index (χ3n) is 8.48. The summed E-state index contributed by atoms with van der Waals surface area (Å²) in [4.78, 5) is 13.8. The van der Waals surface area contributed by atoms with Gasteiger partial charge in [-0.2, -0.15) is 0 Å². The van der Waals surface area contributed by atoms with E-state index in [1.54, 1.807) is 0 Å². The molecule has 0 unspecified atom stereocenters. The number of aromatic nitrogens is 2. The van der Waals surface area contributed by atoms with Gasteiger partial charge in [0, 0.05) is 11.1 Å². The van der Waals surface area contributed by atoms with Crippen LogP contribution in [0.15, 0.2) is 164 Å². The van der Waals surface area contributed by atoms with Gasteiger partial charge in [0.2, 0.25) is 0 Å². The molecule has 1 aromatic heterocycles. The van der Waals surface area contributed by atoms with Crippen LogP contribution in [-0.4, -0.2) is 9.97 Å². The van der Waals surface area contributed by atoms with Crippen molar-refractivity contribution in [1.29, 1.82) is 0 Å². The van der Waals surface area contributed by atoms with Crippen LogP contribution in [0.5, 0.6) is 0 Å². The summed E-state index contributed by atoms with van der Waals surface area (Å²) in [6.45, 7) is 7.55. The number of hydrogen-bond acceptors (Lipinski definition) is 2. The third kappa shape index (κ3) is 4.89. The van der Waals surface area contributed by atoms with Crippen molar-refractivity contribution < 1.29 is 0 Å². The number of hydrogen-bond donors (Lipinski definition) is 0. The zero-order valence-electron chi connectivity index (χ0n) is 24.9. The normalized spacial score (nSPS) is 11.0. The molecule has 0 radical (unpaired) electrons. The van der Waals surface area contributed by atoms with Gasteiger partial charge >= 0.3 is 0 Å². The van der Waals surface area contributed by atoms with Gasteiger partial charge in [-0.1, -0.05) is 146 Å². The summed E-state index contributed by atoms with van der Waals surface area (Å²) in [6.07, 6.45) is 0. The second-order valence-electron chi connectivity index (χ2n) is 11.3. The van der Waals surface area contributed by atoms with Gasteiger partial charge in [-0.25, -0.2) is 14.8 Å². The Morgan fingerprint density at radius 3 is 1.50 bits per heavy atom. The van der Waals surface area contributed by atoms with Gasteiger partial charge in [0.25, 0.3) is 0 Å². The number of benzene rings is 7. The van der Waals surface area contributed by atoms with E-state index in [9.17, 15) is 0 Å². The van der Waals surface area contributed by atoms with Crippen LogP contribution in [-0.2, 0) is 0 Å². The Kier molecular flexibility index (Phi) is 6.87. The molecule has 8 aromatic rings. The minimum atomic E-state index is 0.581. The first-order valence-corrected chi connectivity index (χ1v) is 15.3. The molecule has 0 aliphatic heterocycles. The van der Waals surface area contributed by atoms with Gasteiger partial charge < -0.3 is 0 Å². The van der Waals surface area contributed by atoms with Crippen molar-refractivity contribution in [2.75, 3.05) is 0 Å². The Bertz CT molecular complexity index is 2410. The zero-order valence-corrected chi connectivity index (χ0v) is 24.9.